The minimum atomic E-state index is -0.378. The topological polar surface area (TPSA) is 53.4 Å². The molecule has 2 heterocycles. The SMILES string of the molecule is CC(O)C1CCCN(C(=O)/C=C/c2ccc3ccc(Cl)cc3n2)C1. The first kappa shape index (κ1) is 16.9. The summed E-state index contributed by atoms with van der Waals surface area (Å²) in [6, 6.07) is 9.42. The molecule has 0 aliphatic carbocycles. The van der Waals surface area contributed by atoms with Crippen molar-refractivity contribution in [3.8, 4) is 0 Å². The van der Waals surface area contributed by atoms with Gasteiger partial charge in [0.05, 0.1) is 17.3 Å². The number of carbonyl (C=O) groups excluding carboxylic acids is 1. The Bertz CT molecular complexity index is 773. The first-order chi connectivity index (χ1) is 11.5. The number of likely N-dealkylation sites (tertiary alicyclic amines) is 1. The minimum absolute atomic E-state index is 0.0339. The number of piperidine rings is 1. The van der Waals surface area contributed by atoms with E-state index in [0.717, 1.165) is 36.0 Å². The molecule has 1 aliphatic heterocycles. The summed E-state index contributed by atoms with van der Waals surface area (Å²) in [5, 5.41) is 11.4. The molecule has 0 saturated carbocycles. The van der Waals surface area contributed by atoms with E-state index in [1.165, 1.54) is 0 Å². The Morgan fingerprint density at radius 1 is 1.42 bits per heavy atom. The van der Waals surface area contributed by atoms with Gasteiger partial charge in [-0.25, -0.2) is 4.98 Å². The third-order valence-corrected chi connectivity index (χ3v) is 4.76. The predicted octanol–water partition coefficient (Wildman–Crippen LogP) is 3.52. The van der Waals surface area contributed by atoms with Gasteiger partial charge in [-0.3, -0.25) is 4.79 Å². The number of hydrogen-bond acceptors (Lipinski definition) is 3. The zero-order chi connectivity index (χ0) is 17.1. The molecule has 0 radical (unpaired) electrons. The lowest BCUT2D eigenvalue weighted by Crippen LogP contribution is -2.42. The largest absolute Gasteiger partial charge is 0.393 e. The highest BCUT2D eigenvalue weighted by molar-refractivity contribution is 6.31. The van der Waals surface area contributed by atoms with Crippen LogP contribution in [0.3, 0.4) is 0 Å². The fraction of sp³-hybridized carbons (Fsp3) is 0.368. The predicted molar refractivity (Wildman–Crippen MR) is 96.8 cm³/mol. The second kappa shape index (κ2) is 7.32. The lowest BCUT2D eigenvalue weighted by atomic mass is 9.93. The average Bonchev–Trinajstić information content (AvgIpc) is 2.59. The van der Waals surface area contributed by atoms with E-state index in [2.05, 4.69) is 4.98 Å². The zero-order valence-electron chi connectivity index (χ0n) is 13.7. The summed E-state index contributed by atoms with van der Waals surface area (Å²) in [5.41, 5.74) is 1.53. The highest BCUT2D eigenvalue weighted by Gasteiger charge is 2.25. The average molecular weight is 345 g/mol. The smallest absolute Gasteiger partial charge is 0.246 e. The Morgan fingerprint density at radius 3 is 3.00 bits per heavy atom. The van der Waals surface area contributed by atoms with Crippen molar-refractivity contribution in [2.45, 2.75) is 25.9 Å². The summed E-state index contributed by atoms with van der Waals surface area (Å²) < 4.78 is 0. The Balaban J connectivity index is 1.71. The summed E-state index contributed by atoms with van der Waals surface area (Å²) in [5.74, 6) is 0.130. The summed E-state index contributed by atoms with van der Waals surface area (Å²) in [6.07, 6.45) is 4.81. The van der Waals surface area contributed by atoms with Crippen LogP contribution in [0.15, 0.2) is 36.4 Å². The van der Waals surface area contributed by atoms with Crippen LogP contribution in [0.4, 0.5) is 0 Å². The highest BCUT2D eigenvalue weighted by atomic mass is 35.5. The van der Waals surface area contributed by atoms with Crippen LogP contribution in [0.5, 0.6) is 0 Å². The van der Waals surface area contributed by atoms with Crippen molar-refractivity contribution in [1.29, 1.82) is 0 Å². The Morgan fingerprint density at radius 2 is 2.21 bits per heavy atom. The van der Waals surface area contributed by atoms with Gasteiger partial charge < -0.3 is 10.0 Å². The Labute approximate surface area is 146 Å². The number of carbonyl (C=O) groups is 1. The van der Waals surface area contributed by atoms with Crippen molar-refractivity contribution in [3.05, 3.63) is 47.1 Å². The third kappa shape index (κ3) is 3.94. The number of amides is 1. The van der Waals surface area contributed by atoms with Crippen LogP contribution in [-0.2, 0) is 4.79 Å². The van der Waals surface area contributed by atoms with Crippen LogP contribution >= 0.6 is 11.6 Å². The van der Waals surface area contributed by atoms with Crippen molar-refractivity contribution in [3.63, 3.8) is 0 Å². The monoisotopic (exact) mass is 344 g/mol. The third-order valence-electron chi connectivity index (χ3n) is 4.52. The molecule has 1 aliphatic rings. The van der Waals surface area contributed by atoms with Crippen molar-refractivity contribution < 1.29 is 9.90 Å². The number of halogens is 1. The fourth-order valence-electron chi connectivity index (χ4n) is 3.06. The van der Waals surface area contributed by atoms with Gasteiger partial charge in [-0.1, -0.05) is 23.7 Å². The molecule has 24 heavy (non-hydrogen) atoms. The van der Waals surface area contributed by atoms with E-state index in [0.29, 0.717) is 11.6 Å². The van der Waals surface area contributed by atoms with Crippen LogP contribution in [-0.4, -0.2) is 40.1 Å². The molecular formula is C19H21ClN2O2. The van der Waals surface area contributed by atoms with Crippen molar-refractivity contribution in [2.75, 3.05) is 13.1 Å². The molecule has 2 aromatic rings. The number of benzene rings is 1. The van der Waals surface area contributed by atoms with Crippen LogP contribution in [0.2, 0.25) is 5.02 Å². The van der Waals surface area contributed by atoms with Crippen LogP contribution in [0.25, 0.3) is 17.0 Å². The number of aromatic nitrogens is 1. The van der Waals surface area contributed by atoms with E-state index in [4.69, 9.17) is 11.6 Å². The summed E-state index contributed by atoms with van der Waals surface area (Å²) in [7, 11) is 0. The summed E-state index contributed by atoms with van der Waals surface area (Å²) in [6.45, 7) is 3.15. The van der Waals surface area contributed by atoms with Gasteiger partial charge in [0, 0.05) is 35.5 Å². The van der Waals surface area contributed by atoms with Gasteiger partial charge in [0.2, 0.25) is 5.91 Å². The quantitative estimate of drug-likeness (QED) is 0.867. The molecule has 5 heteroatoms. The maximum Gasteiger partial charge on any atom is 0.246 e. The van der Waals surface area contributed by atoms with E-state index >= 15 is 0 Å². The van der Waals surface area contributed by atoms with Crippen LogP contribution in [0, 0.1) is 5.92 Å². The van der Waals surface area contributed by atoms with Crippen LogP contribution < -0.4 is 0 Å². The number of nitrogens with zero attached hydrogens (tertiary/aromatic N) is 2. The molecule has 1 fully saturated rings. The first-order valence-corrected chi connectivity index (χ1v) is 8.62. The molecule has 0 bridgehead atoms. The molecule has 0 spiro atoms. The van der Waals surface area contributed by atoms with Gasteiger partial charge in [0.25, 0.3) is 0 Å². The molecule has 4 nitrogen and oxygen atoms in total. The number of rotatable bonds is 3. The molecule has 126 valence electrons. The van der Waals surface area contributed by atoms with Crippen LogP contribution in [0.1, 0.15) is 25.5 Å². The van der Waals surface area contributed by atoms with E-state index in [9.17, 15) is 9.90 Å². The maximum atomic E-state index is 12.4. The molecule has 2 atom stereocenters. The lowest BCUT2D eigenvalue weighted by Gasteiger charge is -2.33. The maximum absolute atomic E-state index is 12.4. The zero-order valence-corrected chi connectivity index (χ0v) is 14.4. The summed E-state index contributed by atoms with van der Waals surface area (Å²) in [4.78, 5) is 18.7. The van der Waals surface area contributed by atoms with Gasteiger partial charge in [0.1, 0.15) is 0 Å². The van der Waals surface area contributed by atoms with E-state index in [1.807, 2.05) is 30.3 Å². The van der Waals surface area contributed by atoms with E-state index < -0.39 is 0 Å². The number of aliphatic hydroxyl groups is 1. The number of fused-ring (bicyclic) bond motifs is 1. The molecule has 1 aromatic heterocycles. The second-order valence-electron chi connectivity index (χ2n) is 6.33. The first-order valence-electron chi connectivity index (χ1n) is 8.24. The van der Waals surface area contributed by atoms with E-state index in [1.54, 1.807) is 24.0 Å². The van der Waals surface area contributed by atoms with Gasteiger partial charge in [-0.05, 0) is 44.0 Å². The lowest BCUT2D eigenvalue weighted by molar-refractivity contribution is -0.128. The van der Waals surface area contributed by atoms with Gasteiger partial charge >= 0.3 is 0 Å². The van der Waals surface area contributed by atoms with Gasteiger partial charge in [-0.2, -0.15) is 0 Å². The van der Waals surface area contributed by atoms with Crippen molar-refractivity contribution in [1.82, 2.24) is 9.88 Å². The van der Waals surface area contributed by atoms with Crippen molar-refractivity contribution in [2.24, 2.45) is 5.92 Å². The molecule has 2 unspecified atom stereocenters. The second-order valence-corrected chi connectivity index (χ2v) is 6.77. The fourth-order valence-corrected chi connectivity index (χ4v) is 3.23. The number of hydrogen-bond donors (Lipinski definition) is 1. The number of aliphatic hydroxyl groups excluding tert-OH is 1. The van der Waals surface area contributed by atoms with E-state index in [-0.39, 0.29) is 17.9 Å². The Hall–Kier alpha value is -1.91. The molecule has 1 saturated heterocycles. The standard InChI is InChI=1S/C19H21ClN2O2/c1-13(23)15-3-2-10-22(12-15)19(24)9-8-17-7-5-14-4-6-16(20)11-18(14)21-17/h4-9,11,13,15,23H,2-3,10,12H2,1H3/b9-8+. The normalized spacial score (nSPS) is 19.8. The number of pyridine rings is 1. The molecular weight excluding hydrogens is 324 g/mol. The van der Waals surface area contributed by atoms with Crippen molar-refractivity contribution >= 4 is 34.5 Å². The molecule has 1 aromatic carbocycles. The van der Waals surface area contributed by atoms with Gasteiger partial charge in [0.15, 0.2) is 0 Å². The minimum Gasteiger partial charge on any atom is -0.393 e. The summed E-state index contributed by atoms with van der Waals surface area (Å²) >= 11 is 6.00. The molecule has 3 rings (SSSR count). The Kier molecular flexibility index (Phi) is 5.17. The highest BCUT2D eigenvalue weighted by Crippen LogP contribution is 2.21. The molecule has 1 N–H and O–H groups in total. The van der Waals surface area contributed by atoms with Gasteiger partial charge in [-0.15, -0.1) is 0 Å². The molecule has 1 amide bonds.